The smallest absolute Gasteiger partial charge is 0.251 e. The Labute approximate surface area is 118 Å². The number of hydrogen-bond acceptors (Lipinski definition) is 4. The molecule has 1 saturated heterocycles. The van der Waals surface area contributed by atoms with E-state index in [1.807, 2.05) is 0 Å². The highest BCUT2D eigenvalue weighted by molar-refractivity contribution is 5.94. The molecule has 0 bridgehead atoms. The number of aromatic nitrogens is 1. The molecule has 2 aliphatic rings. The lowest BCUT2D eigenvalue weighted by Gasteiger charge is -2.11. The van der Waals surface area contributed by atoms with Gasteiger partial charge in [-0.2, -0.15) is 0 Å². The lowest BCUT2D eigenvalue weighted by Crippen LogP contribution is -2.31. The molecule has 1 aliphatic carbocycles. The van der Waals surface area contributed by atoms with E-state index in [2.05, 4.69) is 10.3 Å². The van der Waals surface area contributed by atoms with E-state index in [0.29, 0.717) is 30.5 Å². The molecule has 0 radical (unpaired) electrons. The van der Waals surface area contributed by atoms with Gasteiger partial charge in [-0.25, -0.2) is 4.98 Å². The molecule has 1 aromatic rings. The van der Waals surface area contributed by atoms with Gasteiger partial charge in [0.25, 0.3) is 5.91 Å². The third kappa shape index (κ3) is 3.70. The first-order valence-corrected chi connectivity index (χ1v) is 7.30. The van der Waals surface area contributed by atoms with Gasteiger partial charge in [0.1, 0.15) is 0 Å². The minimum Gasteiger partial charge on any atom is -0.477 e. The van der Waals surface area contributed by atoms with Crippen LogP contribution >= 0.6 is 0 Å². The molecule has 1 aliphatic heterocycles. The average molecular weight is 276 g/mol. The first kappa shape index (κ1) is 13.4. The van der Waals surface area contributed by atoms with Gasteiger partial charge < -0.3 is 14.8 Å². The third-order valence-electron chi connectivity index (χ3n) is 3.68. The SMILES string of the molecule is O=C(NC[C@H]1CCCO1)c1ccnc(OCC2CC2)c1. The van der Waals surface area contributed by atoms with E-state index in [1.54, 1.807) is 18.3 Å². The summed E-state index contributed by atoms with van der Waals surface area (Å²) in [5.41, 5.74) is 0.587. The molecule has 2 fully saturated rings. The zero-order valence-electron chi connectivity index (χ0n) is 11.5. The molecule has 108 valence electrons. The standard InChI is InChI=1S/C15H20N2O3/c18-15(17-9-13-2-1-7-19-13)12-5-6-16-14(8-12)20-10-11-3-4-11/h5-6,8,11,13H,1-4,7,9-10H2,(H,17,18)/t13-/m1/s1. The third-order valence-corrected chi connectivity index (χ3v) is 3.68. The van der Waals surface area contributed by atoms with Gasteiger partial charge >= 0.3 is 0 Å². The van der Waals surface area contributed by atoms with Crippen molar-refractivity contribution >= 4 is 5.91 Å². The van der Waals surface area contributed by atoms with Crippen molar-refractivity contribution in [3.8, 4) is 5.88 Å². The van der Waals surface area contributed by atoms with Crippen LogP contribution in [-0.4, -0.2) is 36.8 Å². The number of carbonyl (C=O) groups is 1. The maximum Gasteiger partial charge on any atom is 0.251 e. The molecule has 0 spiro atoms. The highest BCUT2D eigenvalue weighted by atomic mass is 16.5. The van der Waals surface area contributed by atoms with E-state index in [1.165, 1.54) is 12.8 Å². The summed E-state index contributed by atoms with van der Waals surface area (Å²) in [6.45, 7) is 2.07. The van der Waals surface area contributed by atoms with E-state index < -0.39 is 0 Å². The van der Waals surface area contributed by atoms with Crippen LogP contribution in [0.3, 0.4) is 0 Å². The number of rotatable bonds is 6. The minimum absolute atomic E-state index is 0.0980. The summed E-state index contributed by atoms with van der Waals surface area (Å²) in [5.74, 6) is 1.11. The molecule has 0 unspecified atom stereocenters. The van der Waals surface area contributed by atoms with Crippen LogP contribution in [0.2, 0.25) is 0 Å². The number of hydrogen-bond donors (Lipinski definition) is 1. The van der Waals surface area contributed by atoms with Gasteiger partial charge in [0.15, 0.2) is 0 Å². The van der Waals surface area contributed by atoms with Crippen LogP contribution in [0.1, 0.15) is 36.0 Å². The first-order valence-electron chi connectivity index (χ1n) is 7.30. The molecule has 1 atom stereocenters. The van der Waals surface area contributed by atoms with Gasteiger partial charge in [0, 0.05) is 31.0 Å². The van der Waals surface area contributed by atoms with Crippen LogP contribution in [0, 0.1) is 5.92 Å². The van der Waals surface area contributed by atoms with E-state index in [0.717, 1.165) is 19.4 Å². The van der Waals surface area contributed by atoms with Crippen LogP contribution in [0.4, 0.5) is 0 Å². The van der Waals surface area contributed by atoms with Gasteiger partial charge in [0.2, 0.25) is 5.88 Å². The molecular weight excluding hydrogens is 256 g/mol. The molecule has 20 heavy (non-hydrogen) atoms. The maximum atomic E-state index is 12.1. The number of amides is 1. The van der Waals surface area contributed by atoms with E-state index in [-0.39, 0.29) is 12.0 Å². The second-order valence-corrected chi connectivity index (χ2v) is 5.48. The Hall–Kier alpha value is -1.62. The highest BCUT2D eigenvalue weighted by Crippen LogP contribution is 2.29. The zero-order chi connectivity index (χ0) is 13.8. The van der Waals surface area contributed by atoms with E-state index >= 15 is 0 Å². The lowest BCUT2D eigenvalue weighted by atomic mass is 10.2. The van der Waals surface area contributed by atoms with Crippen molar-refractivity contribution in [2.75, 3.05) is 19.8 Å². The molecule has 2 heterocycles. The largest absolute Gasteiger partial charge is 0.477 e. The molecule has 1 N–H and O–H groups in total. The molecule has 3 rings (SSSR count). The zero-order valence-corrected chi connectivity index (χ0v) is 11.5. The predicted molar refractivity (Wildman–Crippen MR) is 73.8 cm³/mol. The molecule has 5 heteroatoms. The Morgan fingerprint density at radius 1 is 1.45 bits per heavy atom. The van der Waals surface area contributed by atoms with E-state index in [9.17, 15) is 4.79 Å². The summed E-state index contributed by atoms with van der Waals surface area (Å²) in [6, 6.07) is 3.40. The summed E-state index contributed by atoms with van der Waals surface area (Å²) in [6.07, 6.45) is 6.35. The van der Waals surface area contributed by atoms with Gasteiger partial charge in [-0.3, -0.25) is 4.79 Å². The van der Waals surface area contributed by atoms with Gasteiger partial charge in [-0.1, -0.05) is 0 Å². The fourth-order valence-corrected chi connectivity index (χ4v) is 2.23. The van der Waals surface area contributed by atoms with Gasteiger partial charge in [0.05, 0.1) is 12.7 Å². The molecular formula is C15H20N2O3. The molecule has 5 nitrogen and oxygen atoms in total. The summed E-state index contributed by atoms with van der Waals surface area (Å²) in [4.78, 5) is 16.2. The summed E-state index contributed by atoms with van der Waals surface area (Å²) in [7, 11) is 0. The summed E-state index contributed by atoms with van der Waals surface area (Å²) >= 11 is 0. The number of nitrogens with one attached hydrogen (secondary N) is 1. The normalized spacial score (nSPS) is 21.7. The average Bonchev–Trinajstić information content (AvgIpc) is 3.17. The fourth-order valence-electron chi connectivity index (χ4n) is 2.23. The number of pyridine rings is 1. The van der Waals surface area contributed by atoms with E-state index in [4.69, 9.17) is 9.47 Å². The second-order valence-electron chi connectivity index (χ2n) is 5.48. The van der Waals surface area contributed by atoms with Crippen molar-refractivity contribution < 1.29 is 14.3 Å². The van der Waals surface area contributed by atoms with Gasteiger partial charge in [-0.05, 0) is 37.7 Å². The lowest BCUT2D eigenvalue weighted by molar-refractivity contribution is 0.0857. The van der Waals surface area contributed by atoms with Crippen molar-refractivity contribution in [2.45, 2.75) is 31.8 Å². The molecule has 1 amide bonds. The van der Waals surface area contributed by atoms with Crippen LogP contribution < -0.4 is 10.1 Å². The highest BCUT2D eigenvalue weighted by Gasteiger charge is 2.22. The van der Waals surface area contributed by atoms with Crippen LogP contribution in [0.25, 0.3) is 0 Å². The molecule has 0 aromatic carbocycles. The Balaban J connectivity index is 1.51. The molecule has 1 aromatic heterocycles. The topological polar surface area (TPSA) is 60.5 Å². The quantitative estimate of drug-likeness (QED) is 0.860. The summed E-state index contributed by atoms with van der Waals surface area (Å²) < 4.78 is 11.1. The second kappa shape index (κ2) is 6.22. The predicted octanol–water partition coefficient (Wildman–Crippen LogP) is 1.78. The Bertz CT molecular complexity index is 468. The Morgan fingerprint density at radius 2 is 2.35 bits per heavy atom. The monoisotopic (exact) mass is 276 g/mol. The van der Waals surface area contributed by atoms with Crippen molar-refractivity contribution in [2.24, 2.45) is 5.92 Å². The van der Waals surface area contributed by atoms with Crippen molar-refractivity contribution in [3.05, 3.63) is 23.9 Å². The Morgan fingerprint density at radius 3 is 3.10 bits per heavy atom. The van der Waals surface area contributed by atoms with Crippen LogP contribution in [0.15, 0.2) is 18.3 Å². The van der Waals surface area contributed by atoms with Crippen LogP contribution in [0.5, 0.6) is 5.88 Å². The van der Waals surface area contributed by atoms with Crippen LogP contribution in [-0.2, 0) is 4.74 Å². The van der Waals surface area contributed by atoms with Crippen molar-refractivity contribution in [3.63, 3.8) is 0 Å². The number of carbonyl (C=O) groups excluding carboxylic acids is 1. The fraction of sp³-hybridized carbons (Fsp3) is 0.600. The summed E-state index contributed by atoms with van der Waals surface area (Å²) in [5, 5.41) is 2.90. The molecule has 1 saturated carbocycles. The minimum atomic E-state index is -0.0980. The van der Waals surface area contributed by atoms with Gasteiger partial charge in [-0.15, -0.1) is 0 Å². The first-order chi connectivity index (χ1) is 9.81. The van der Waals surface area contributed by atoms with Crippen molar-refractivity contribution in [1.29, 1.82) is 0 Å². The Kier molecular flexibility index (Phi) is 4.16. The maximum absolute atomic E-state index is 12.1. The van der Waals surface area contributed by atoms with Crippen molar-refractivity contribution in [1.82, 2.24) is 10.3 Å². The number of nitrogens with zero attached hydrogens (tertiary/aromatic N) is 1. The number of ether oxygens (including phenoxy) is 2.